The molecule has 2 heterocycles. The topological polar surface area (TPSA) is 42.4 Å². The molecule has 2 aliphatic rings. The van der Waals surface area contributed by atoms with Gasteiger partial charge in [-0.2, -0.15) is 0 Å². The van der Waals surface area contributed by atoms with Gasteiger partial charge in [-0.15, -0.1) is 0 Å². The van der Waals surface area contributed by atoms with E-state index < -0.39 is 0 Å². The zero-order valence-corrected chi connectivity index (χ0v) is 12.5. The summed E-state index contributed by atoms with van der Waals surface area (Å²) in [6.07, 6.45) is 11.5. The predicted octanol–water partition coefficient (Wildman–Crippen LogP) is 3.03. The molecule has 1 aromatic rings. The number of likely N-dealkylation sites (tertiary alicyclic amines) is 1. The maximum absolute atomic E-state index is 12.6. The van der Waals surface area contributed by atoms with Crippen molar-refractivity contribution in [2.75, 3.05) is 13.1 Å². The lowest BCUT2D eigenvalue weighted by Crippen LogP contribution is -2.46. The van der Waals surface area contributed by atoms with Crippen LogP contribution in [0.5, 0.6) is 5.75 Å². The SMILES string of the molecule is O=C(C1CCCCC1)N1CCCC(Oc2ccncc2)C1. The molecule has 1 saturated heterocycles. The Morgan fingerprint density at radius 3 is 2.62 bits per heavy atom. The van der Waals surface area contributed by atoms with Crippen molar-refractivity contribution in [1.29, 1.82) is 0 Å². The van der Waals surface area contributed by atoms with Crippen molar-refractivity contribution in [3.63, 3.8) is 0 Å². The number of carbonyl (C=O) groups excluding carboxylic acids is 1. The molecule has 3 rings (SSSR count). The molecule has 1 aliphatic heterocycles. The van der Waals surface area contributed by atoms with Crippen LogP contribution in [0, 0.1) is 5.92 Å². The summed E-state index contributed by atoms with van der Waals surface area (Å²) in [4.78, 5) is 18.6. The molecule has 1 aliphatic carbocycles. The summed E-state index contributed by atoms with van der Waals surface area (Å²) in [5.74, 6) is 1.47. The van der Waals surface area contributed by atoms with Crippen LogP contribution in [0.15, 0.2) is 24.5 Å². The number of nitrogens with zero attached hydrogens (tertiary/aromatic N) is 2. The molecular weight excluding hydrogens is 264 g/mol. The normalized spacial score (nSPS) is 23.8. The lowest BCUT2D eigenvalue weighted by Gasteiger charge is -2.35. The average molecular weight is 288 g/mol. The minimum atomic E-state index is 0.119. The van der Waals surface area contributed by atoms with Crippen molar-refractivity contribution in [1.82, 2.24) is 9.88 Å². The van der Waals surface area contributed by atoms with Gasteiger partial charge in [-0.05, 0) is 37.8 Å². The first-order valence-corrected chi connectivity index (χ1v) is 8.18. The fraction of sp³-hybridized carbons (Fsp3) is 0.647. The van der Waals surface area contributed by atoms with E-state index in [-0.39, 0.29) is 12.0 Å². The first-order valence-electron chi connectivity index (χ1n) is 8.18. The van der Waals surface area contributed by atoms with Gasteiger partial charge >= 0.3 is 0 Å². The van der Waals surface area contributed by atoms with Crippen LogP contribution in [0.3, 0.4) is 0 Å². The van der Waals surface area contributed by atoms with Crippen molar-refractivity contribution < 1.29 is 9.53 Å². The Morgan fingerprint density at radius 1 is 1.10 bits per heavy atom. The van der Waals surface area contributed by atoms with Gasteiger partial charge in [-0.25, -0.2) is 0 Å². The van der Waals surface area contributed by atoms with Gasteiger partial charge in [0.1, 0.15) is 11.9 Å². The quantitative estimate of drug-likeness (QED) is 0.858. The van der Waals surface area contributed by atoms with Gasteiger partial charge in [0, 0.05) is 24.9 Å². The van der Waals surface area contributed by atoms with Crippen LogP contribution in [0.25, 0.3) is 0 Å². The molecule has 21 heavy (non-hydrogen) atoms. The van der Waals surface area contributed by atoms with E-state index in [4.69, 9.17) is 4.74 Å². The van der Waals surface area contributed by atoms with Crippen molar-refractivity contribution in [3.05, 3.63) is 24.5 Å². The number of rotatable bonds is 3. The van der Waals surface area contributed by atoms with Crippen molar-refractivity contribution >= 4 is 5.91 Å². The number of piperidine rings is 1. The molecule has 1 atom stereocenters. The van der Waals surface area contributed by atoms with Crippen LogP contribution < -0.4 is 4.74 Å². The van der Waals surface area contributed by atoms with Crippen LogP contribution in [-0.2, 0) is 4.79 Å². The summed E-state index contributed by atoms with van der Waals surface area (Å²) in [7, 11) is 0. The van der Waals surface area contributed by atoms with Gasteiger partial charge in [0.2, 0.25) is 5.91 Å². The average Bonchev–Trinajstić information content (AvgIpc) is 2.56. The molecule has 1 unspecified atom stereocenters. The molecule has 1 aromatic heterocycles. The number of pyridine rings is 1. The highest BCUT2D eigenvalue weighted by Crippen LogP contribution is 2.27. The molecular formula is C17H24N2O2. The summed E-state index contributed by atoms with van der Waals surface area (Å²) in [5, 5.41) is 0. The summed E-state index contributed by atoms with van der Waals surface area (Å²) in [5.41, 5.74) is 0. The van der Waals surface area contributed by atoms with Crippen LogP contribution in [-0.4, -0.2) is 35.0 Å². The van der Waals surface area contributed by atoms with E-state index in [2.05, 4.69) is 4.98 Å². The Kier molecular flexibility index (Phi) is 4.73. The molecule has 1 amide bonds. The van der Waals surface area contributed by atoms with Gasteiger partial charge in [-0.1, -0.05) is 19.3 Å². The van der Waals surface area contributed by atoms with Crippen LogP contribution in [0.1, 0.15) is 44.9 Å². The van der Waals surface area contributed by atoms with Crippen molar-refractivity contribution in [2.45, 2.75) is 51.0 Å². The number of hydrogen-bond acceptors (Lipinski definition) is 3. The molecule has 0 radical (unpaired) electrons. The molecule has 0 spiro atoms. The highest BCUT2D eigenvalue weighted by Gasteiger charge is 2.30. The van der Waals surface area contributed by atoms with E-state index in [9.17, 15) is 4.79 Å². The van der Waals surface area contributed by atoms with Gasteiger partial charge in [0.05, 0.1) is 6.54 Å². The van der Waals surface area contributed by atoms with E-state index in [1.54, 1.807) is 12.4 Å². The summed E-state index contributed by atoms with van der Waals surface area (Å²) in [6.45, 7) is 1.63. The van der Waals surface area contributed by atoms with E-state index in [1.807, 2.05) is 17.0 Å². The second-order valence-electron chi connectivity index (χ2n) is 6.18. The number of aromatic nitrogens is 1. The number of amides is 1. The Balaban J connectivity index is 1.56. The molecule has 0 bridgehead atoms. The monoisotopic (exact) mass is 288 g/mol. The lowest BCUT2D eigenvalue weighted by atomic mass is 9.88. The highest BCUT2D eigenvalue weighted by molar-refractivity contribution is 5.79. The first kappa shape index (κ1) is 14.4. The lowest BCUT2D eigenvalue weighted by molar-refractivity contribution is -0.139. The Hall–Kier alpha value is -1.58. The molecule has 1 saturated carbocycles. The molecule has 4 heteroatoms. The fourth-order valence-corrected chi connectivity index (χ4v) is 3.45. The summed E-state index contributed by atoms with van der Waals surface area (Å²) < 4.78 is 5.99. The van der Waals surface area contributed by atoms with Gasteiger partial charge in [0.25, 0.3) is 0 Å². The van der Waals surface area contributed by atoms with E-state index in [1.165, 1.54) is 19.3 Å². The minimum absolute atomic E-state index is 0.119. The van der Waals surface area contributed by atoms with E-state index in [0.29, 0.717) is 5.91 Å². The molecule has 4 nitrogen and oxygen atoms in total. The minimum Gasteiger partial charge on any atom is -0.488 e. The number of ether oxygens (including phenoxy) is 1. The maximum atomic E-state index is 12.6. The Labute approximate surface area is 126 Å². The van der Waals surface area contributed by atoms with Crippen molar-refractivity contribution in [2.24, 2.45) is 5.92 Å². The molecule has 114 valence electrons. The first-order chi connectivity index (χ1) is 10.3. The van der Waals surface area contributed by atoms with Gasteiger partial charge in [0.15, 0.2) is 0 Å². The molecule has 2 fully saturated rings. The second-order valence-corrected chi connectivity index (χ2v) is 6.18. The standard InChI is InChI=1S/C17H24N2O2/c20-17(14-5-2-1-3-6-14)19-12-4-7-16(13-19)21-15-8-10-18-11-9-15/h8-11,14,16H,1-7,12-13H2. The van der Waals surface area contributed by atoms with Gasteiger partial charge in [-0.3, -0.25) is 9.78 Å². The third-order valence-electron chi connectivity index (χ3n) is 4.60. The van der Waals surface area contributed by atoms with Crippen LogP contribution in [0.4, 0.5) is 0 Å². The zero-order chi connectivity index (χ0) is 14.5. The van der Waals surface area contributed by atoms with Crippen LogP contribution >= 0.6 is 0 Å². The van der Waals surface area contributed by atoms with Gasteiger partial charge < -0.3 is 9.64 Å². The number of carbonyl (C=O) groups is 1. The fourth-order valence-electron chi connectivity index (χ4n) is 3.45. The largest absolute Gasteiger partial charge is 0.488 e. The van der Waals surface area contributed by atoms with Crippen LogP contribution in [0.2, 0.25) is 0 Å². The molecule has 0 N–H and O–H groups in total. The Bertz CT molecular complexity index is 457. The Morgan fingerprint density at radius 2 is 1.86 bits per heavy atom. The predicted molar refractivity (Wildman–Crippen MR) is 81.0 cm³/mol. The highest BCUT2D eigenvalue weighted by atomic mass is 16.5. The third-order valence-corrected chi connectivity index (χ3v) is 4.60. The number of hydrogen-bond donors (Lipinski definition) is 0. The van der Waals surface area contributed by atoms with E-state index >= 15 is 0 Å². The summed E-state index contributed by atoms with van der Waals surface area (Å²) in [6, 6.07) is 3.75. The molecule has 0 aromatic carbocycles. The summed E-state index contributed by atoms with van der Waals surface area (Å²) >= 11 is 0. The third kappa shape index (κ3) is 3.74. The van der Waals surface area contributed by atoms with E-state index in [0.717, 1.165) is 44.5 Å². The second kappa shape index (κ2) is 6.92. The zero-order valence-electron chi connectivity index (χ0n) is 12.5. The smallest absolute Gasteiger partial charge is 0.225 e. The van der Waals surface area contributed by atoms with Crippen molar-refractivity contribution in [3.8, 4) is 5.75 Å². The maximum Gasteiger partial charge on any atom is 0.225 e.